The van der Waals surface area contributed by atoms with E-state index in [0.717, 1.165) is 36.9 Å². The summed E-state index contributed by atoms with van der Waals surface area (Å²) in [6.07, 6.45) is 3.54. The lowest BCUT2D eigenvalue weighted by molar-refractivity contribution is 0.0515. The fraction of sp³-hybridized carbons (Fsp3) is 0.562. The lowest BCUT2D eigenvalue weighted by atomic mass is 9.96. The highest BCUT2D eigenvalue weighted by Gasteiger charge is 2.28. The van der Waals surface area contributed by atoms with E-state index in [2.05, 4.69) is 0 Å². The van der Waals surface area contributed by atoms with Gasteiger partial charge >= 0.3 is 0 Å². The number of aliphatic hydroxyl groups excluding tert-OH is 1. The Bertz CT molecular complexity index is 425. The highest BCUT2D eigenvalue weighted by atomic mass is 16.3. The maximum atomic E-state index is 12.5. The Morgan fingerprint density at radius 3 is 2.68 bits per heavy atom. The van der Waals surface area contributed by atoms with Gasteiger partial charge in [0.05, 0.1) is 6.10 Å². The third kappa shape index (κ3) is 3.57. The molecule has 0 spiro atoms. The summed E-state index contributed by atoms with van der Waals surface area (Å²) in [4.78, 5) is 14.5. The molecule has 1 heterocycles. The van der Waals surface area contributed by atoms with Gasteiger partial charge in [-0.25, -0.2) is 0 Å². The van der Waals surface area contributed by atoms with E-state index in [4.69, 9.17) is 0 Å². The first-order chi connectivity index (χ1) is 9.08. The van der Waals surface area contributed by atoms with Crippen molar-refractivity contribution in [3.8, 4) is 0 Å². The molecule has 2 atom stereocenters. The standard InChI is InChI=1S/C16H23NO2/c1-12-6-8-14(9-7-12)16(19)17-10-4-3-5-15(17)11-13(2)18/h6-9,13,15,18H,3-5,10-11H2,1-2H3. The average molecular weight is 261 g/mol. The van der Waals surface area contributed by atoms with Gasteiger partial charge in [-0.2, -0.15) is 0 Å². The third-order valence-electron chi connectivity index (χ3n) is 3.80. The number of carbonyl (C=O) groups is 1. The Kier molecular flexibility index (Phi) is 4.59. The molecule has 1 amide bonds. The van der Waals surface area contributed by atoms with Crippen LogP contribution >= 0.6 is 0 Å². The molecule has 1 saturated heterocycles. The first-order valence-corrected chi connectivity index (χ1v) is 7.13. The van der Waals surface area contributed by atoms with Crippen molar-refractivity contribution in [2.75, 3.05) is 6.54 Å². The number of hydrogen-bond acceptors (Lipinski definition) is 2. The van der Waals surface area contributed by atoms with E-state index >= 15 is 0 Å². The number of carbonyl (C=O) groups excluding carboxylic acids is 1. The maximum absolute atomic E-state index is 12.5. The van der Waals surface area contributed by atoms with Crippen LogP contribution < -0.4 is 0 Å². The lowest BCUT2D eigenvalue weighted by Gasteiger charge is -2.36. The first kappa shape index (κ1) is 14.1. The molecule has 3 nitrogen and oxygen atoms in total. The Morgan fingerprint density at radius 1 is 1.37 bits per heavy atom. The molecule has 0 bridgehead atoms. The van der Waals surface area contributed by atoms with E-state index in [-0.39, 0.29) is 18.1 Å². The summed E-state index contributed by atoms with van der Waals surface area (Å²) in [5.41, 5.74) is 1.92. The molecule has 1 N–H and O–H groups in total. The SMILES string of the molecule is Cc1ccc(C(=O)N2CCCCC2CC(C)O)cc1. The van der Waals surface area contributed by atoms with Gasteiger partial charge in [0, 0.05) is 18.2 Å². The fourth-order valence-electron chi connectivity index (χ4n) is 2.77. The zero-order valence-corrected chi connectivity index (χ0v) is 11.8. The van der Waals surface area contributed by atoms with Gasteiger partial charge in [-0.3, -0.25) is 4.79 Å². The van der Waals surface area contributed by atoms with Gasteiger partial charge in [-0.05, 0) is 51.7 Å². The second-order valence-corrected chi connectivity index (χ2v) is 5.60. The number of likely N-dealkylation sites (tertiary alicyclic amines) is 1. The largest absolute Gasteiger partial charge is 0.393 e. The molecule has 1 aliphatic rings. The minimum absolute atomic E-state index is 0.102. The molecular weight excluding hydrogens is 238 g/mol. The van der Waals surface area contributed by atoms with Gasteiger partial charge < -0.3 is 10.0 Å². The number of piperidine rings is 1. The molecule has 1 fully saturated rings. The van der Waals surface area contributed by atoms with Crippen LogP contribution in [0.5, 0.6) is 0 Å². The van der Waals surface area contributed by atoms with Gasteiger partial charge in [-0.1, -0.05) is 17.7 Å². The number of amides is 1. The van der Waals surface area contributed by atoms with Crippen LogP contribution in [0.3, 0.4) is 0 Å². The van der Waals surface area contributed by atoms with E-state index in [9.17, 15) is 9.90 Å². The molecular formula is C16H23NO2. The number of aryl methyl sites for hydroxylation is 1. The molecule has 1 aromatic carbocycles. The van der Waals surface area contributed by atoms with Crippen molar-refractivity contribution in [2.45, 2.75) is 51.7 Å². The maximum Gasteiger partial charge on any atom is 0.254 e. The van der Waals surface area contributed by atoms with Crippen LogP contribution in [0.1, 0.15) is 48.5 Å². The van der Waals surface area contributed by atoms with Gasteiger partial charge in [-0.15, -0.1) is 0 Å². The van der Waals surface area contributed by atoms with Crippen LogP contribution in [-0.4, -0.2) is 34.6 Å². The Labute approximate surface area is 115 Å². The second kappa shape index (κ2) is 6.20. The van der Waals surface area contributed by atoms with Crippen LogP contribution in [0.2, 0.25) is 0 Å². The van der Waals surface area contributed by atoms with Gasteiger partial charge in [0.2, 0.25) is 0 Å². The van der Waals surface area contributed by atoms with Gasteiger partial charge in [0.15, 0.2) is 0 Å². The molecule has 2 unspecified atom stereocenters. The fourth-order valence-corrected chi connectivity index (χ4v) is 2.77. The molecule has 0 aromatic heterocycles. The van der Waals surface area contributed by atoms with E-state index in [1.165, 1.54) is 0 Å². The topological polar surface area (TPSA) is 40.5 Å². The van der Waals surface area contributed by atoms with Crippen LogP contribution in [0.4, 0.5) is 0 Å². The van der Waals surface area contributed by atoms with Crippen molar-refractivity contribution in [3.05, 3.63) is 35.4 Å². The summed E-state index contributed by atoms with van der Waals surface area (Å²) < 4.78 is 0. The Hall–Kier alpha value is -1.35. The minimum Gasteiger partial charge on any atom is -0.393 e. The molecule has 0 radical (unpaired) electrons. The molecule has 104 valence electrons. The number of aliphatic hydroxyl groups is 1. The zero-order valence-electron chi connectivity index (χ0n) is 11.8. The molecule has 19 heavy (non-hydrogen) atoms. The lowest BCUT2D eigenvalue weighted by Crippen LogP contribution is -2.45. The average Bonchev–Trinajstić information content (AvgIpc) is 2.39. The normalized spacial score (nSPS) is 21.2. The minimum atomic E-state index is -0.351. The second-order valence-electron chi connectivity index (χ2n) is 5.60. The smallest absolute Gasteiger partial charge is 0.254 e. The summed E-state index contributed by atoms with van der Waals surface area (Å²) in [6.45, 7) is 4.62. The van der Waals surface area contributed by atoms with Crippen molar-refractivity contribution >= 4 is 5.91 Å². The summed E-state index contributed by atoms with van der Waals surface area (Å²) >= 11 is 0. The number of rotatable bonds is 3. The van der Waals surface area contributed by atoms with Gasteiger partial charge in [0.25, 0.3) is 5.91 Å². The molecule has 1 aliphatic heterocycles. The summed E-state index contributed by atoms with van der Waals surface area (Å²) in [5.74, 6) is 0.102. The van der Waals surface area contributed by atoms with Crippen molar-refractivity contribution in [2.24, 2.45) is 0 Å². The highest BCUT2D eigenvalue weighted by Crippen LogP contribution is 2.23. The van der Waals surface area contributed by atoms with E-state index in [1.807, 2.05) is 36.1 Å². The zero-order chi connectivity index (χ0) is 13.8. The molecule has 0 saturated carbocycles. The highest BCUT2D eigenvalue weighted by molar-refractivity contribution is 5.94. The van der Waals surface area contributed by atoms with Crippen molar-refractivity contribution in [3.63, 3.8) is 0 Å². The monoisotopic (exact) mass is 261 g/mol. The van der Waals surface area contributed by atoms with Crippen LogP contribution in [0, 0.1) is 6.92 Å². The van der Waals surface area contributed by atoms with Crippen molar-refractivity contribution in [1.82, 2.24) is 4.90 Å². The quantitative estimate of drug-likeness (QED) is 0.909. The molecule has 3 heteroatoms. The Balaban J connectivity index is 2.12. The summed E-state index contributed by atoms with van der Waals surface area (Å²) in [6, 6.07) is 7.92. The Morgan fingerprint density at radius 2 is 2.05 bits per heavy atom. The molecule has 1 aromatic rings. The van der Waals surface area contributed by atoms with Crippen LogP contribution in [0.15, 0.2) is 24.3 Å². The number of benzene rings is 1. The van der Waals surface area contributed by atoms with Gasteiger partial charge in [0.1, 0.15) is 0 Å². The van der Waals surface area contributed by atoms with Crippen LogP contribution in [0.25, 0.3) is 0 Å². The predicted octanol–water partition coefficient (Wildman–Crippen LogP) is 2.76. The molecule has 2 rings (SSSR count). The summed E-state index contributed by atoms with van der Waals surface area (Å²) in [5, 5.41) is 9.57. The third-order valence-corrected chi connectivity index (χ3v) is 3.80. The number of nitrogens with zero attached hydrogens (tertiary/aromatic N) is 1. The summed E-state index contributed by atoms with van der Waals surface area (Å²) in [7, 11) is 0. The molecule has 0 aliphatic carbocycles. The van der Waals surface area contributed by atoms with Crippen LogP contribution in [-0.2, 0) is 0 Å². The number of hydrogen-bond donors (Lipinski definition) is 1. The van der Waals surface area contributed by atoms with E-state index in [1.54, 1.807) is 6.92 Å². The van der Waals surface area contributed by atoms with Crippen molar-refractivity contribution in [1.29, 1.82) is 0 Å². The predicted molar refractivity (Wildman–Crippen MR) is 76.2 cm³/mol. The first-order valence-electron chi connectivity index (χ1n) is 7.13. The van der Waals surface area contributed by atoms with E-state index < -0.39 is 0 Å². The van der Waals surface area contributed by atoms with E-state index in [0.29, 0.717) is 6.42 Å². The van der Waals surface area contributed by atoms with Crippen molar-refractivity contribution < 1.29 is 9.90 Å².